The van der Waals surface area contributed by atoms with Gasteiger partial charge in [-0.1, -0.05) is 21.6 Å². The molecule has 0 aliphatic heterocycles. The van der Waals surface area contributed by atoms with Crippen LogP contribution in [0.15, 0.2) is 0 Å². The van der Waals surface area contributed by atoms with E-state index in [4.69, 9.17) is 10.2 Å². The van der Waals surface area contributed by atoms with Crippen molar-refractivity contribution < 1.29 is 19.8 Å². The van der Waals surface area contributed by atoms with Crippen molar-refractivity contribution in [2.75, 3.05) is 11.5 Å². The maximum Gasteiger partial charge on any atom is 0.309 e. The van der Waals surface area contributed by atoms with Crippen molar-refractivity contribution in [2.45, 2.75) is 20.3 Å². The topological polar surface area (TPSA) is 74.6 Å². The molecule has 0 aromatic carbocycles. The summed E-state index contributed by atoms with van der Waals surface area (Å²) in [5.74, 6) is -0.665. The van der Waals surface area contributed by atoms with E-state index < -0.39 is 17.4 Å². The smallest absolute Gasteiger partial charge is 0.309 e. The molecule has 0 aromatic heterocycles. The standard InChI is InChI=1S/C8H14O4S2/c1-8(2,7(11)12)5-14-13-4-3-6(9)10/h3-5H2,1-2H3,(H,9,10)(H,11,12). The van der Waals surface area contributed by atoms with Crippen LogP contribution in [0.1, 0.15) is 20.3 Å². The van der Waals surface area contributed by atoms with Gasteiger partial charge in [0.2, 0.25) is 0 Å². The third-order valence-corrected chi connectivity index (χ3v) is 4.21. The molecule has 0 aliphatic carbocycles. The maximum absolute atomic E-state index is 10.7. The third-order valence-electron chi connectivity index (χ3n) is 1.48. The fourth-order valence-electron chi connectivity index (χ4n) is 0.439. The summed E-state index contributed by atoms with van der Waals surface area (Å²) in [5, 5.41) is 17.1. The molecule has 0 rings (SSSR count). The summed E-state index contributed by atoms with van der Waals surface area (Å²) < 4.78 is 0. The molecule has 82 valence electrons. The van der Waals surface area contributed by atoms with E-state index in [-0.39, 0.29) is 6.42 Å². The summed E-state index contributed by atoms with van der Waals surface area (Å²) in [4.78, 5) is 20.8. The Bertz CT molecular complexity index is 215. The lowest BCUT2D eigenvalue weighted by Gasteiger charge is -2.17. The van der Waals surface area contributed by atoms with Crippen molar-refractivity contribution in [3.8, 4) is 0 Å². The van der Waals surface area contributed by atoms with Crippen LogP contribution in [0.2, 0.25) is 0 Å². The second-order valence-electron chi connectivity index (χ2n) is 3.42. The Labute approximate surface area is 90.9 Å². The van der Waals surface area contributed by atoms with Crippen molar-refractivity contribution in [3.05, 3.63) is 0 Å². The van der Waals surface area contributed by atoms with E-state index in [1.165, 1.54) is 21.6 Å². The molecule has 4 nitrogen and oxygen atoms in total. The predicted octanol–water partition coefficient (Wildman–Crippen LogP) is 1.95. The highest BCUT2D eigenvalue weighted by molar-refractivity contribution is 8.76. The van der Waals surface area contributed by atoms with Crippen molar-refractivity contribution >= 4 is 33.5 Å². The first-order valence-electron chi connectivity index (χ1n) is 4.06. The Balaban J connectivity index is 3.54. The van der Waals surface area contributed by atoms with E-state index in [9.17, 15) is 9.59 Å². The van der Waals surface area contributed by atoms with Crippen LogP contribution in [0.3, 0.4) is 0 Å². The van der Waals surface area contributed by atoms with Crippen LogP contribution in [0.5, 0.6) is 0 Å². The molecule has 0 saturated heterocycles. The van der Waals surface area contributed by atoms with Gasteiger partial charge in [0, 0.05) is 11.5 Å². The number of rotatable bonds is 7. The van der Waals surface area contributed by atoms with Crippen LogP contribution in [0, 0.1) is 5.41 Å². The summed E-state index contributed by atoms with van der Waals surface area (Å²) in [7, 11) is 2.80. The van der Waals surface area contributed by atoms with E-state index >= 15 is 0 Å². The minimum absolute atomic E-state index is 0.116. The molecular weight excluding hydrogens is 224 g/mol. The number of aliphatic carboxylic acids is 2. The van der Waals surface area contributed by atoms with E-state index in [0.717, 1.165) is 0 Å². The first-order valence-corrected chi connectivity index (χ1v) is 6.54. The van der Waals surface area contributed by atoms with E-state index in [2.05, 4.69) is 0 Å². The van der Waals surface area contributed by atoms with Gasteiger partial charge in [0.05, 0.1) is 11.8 Å². The van der Waals surface area contributed by atoms with Gasteiger partial charge in [0.15, 0.2) is 0 Å². The molecule has 0 radical (unpaired) electrons. The van der Waals surface area contributed by atoms with Gasteiger partial charge in [-0.15, -0.1) is 0 Å². The van der Waals surface area contributed by atoms with Crippen molar-refractivity contribution in [2.24, 2.45) is 5.41 Å². The molecule has 0 heterocycles. The fourth-order valence-corrected chi connectivity index (χ4v) is 3.05. The van der Waals surface area contributed by atoms with Gasteiger partial charge in [0.25, 0.3) is 0 Å². The van der Waals surface area contributed by atoms with Gasteiger partial charge < -0.3 is 10.2 Å². The average molecular weight is 238 g/mol. The lowest BCUT2D eigenvalue weighted by molar-refractivity contribution is -0.145. The van der Waals surface area contributed by atoms with Crippen LogP contribution < -0.4 is 0 Å². The lowest BCUT2D eigenvalue weighted by atomic mass is 9.97. The lowest BCUT2D eigenvalue weighted by Crippen LogP contribution is -2.25. The molecule has 0 bridgehead atoms. The summed E-state index contributed by atoms with van der Waals surface area (Å²) in [6.45, 7) is 3.31. The highest BCUT2D eigenvalue weighted by atomic mass is 33.1. The summed E-state index contributed by atoms with van der Waals surface area (Å²) in [5.41, 5.74) is -0.749. The van der Waals surface area contributed by atoms with Crippen LogP contribution in [0.4, 0.5) is 0 Å². The molecule has 0 amide bonds. The largest absolute Gasteiger partial charge is 0.481 e. The third kappa shape index (κ3) is 6.15. The Morgan fingerprint density at radius 3 is 2.21 bits per heavy atom. The minimum atomic E-state index is -0.830. The van der Waals surface area contributed by atoms with Crippen molar-refractivity contribution in [3.63, 3.8) is 0 Å². The number of carboxylic acid groups (broad SMARTS) is 2. The number of carboxylic acids is 2. The van der Waals surface area contributed by atoms with Crippen LogP contribution in [-0.4, -0.2) is 33.7 Å². The molecule has 0 saturated carbocycles. The monoisotopic (exact) mass is 238 g/mol. The van der Waals surface area contributed by atoms with Gasteiger partial charge in [0.1, 0.15) is 0 Å². The highest BCUT2D eigenvalue weighted by Crippen LogP contribution is 2.30. The number of hydrogen-bond donors (Lipinski definition) is 2. The van der Waals surface area contributed by atoms with Crippen molar-refractivity contribution in [1.29, 1.82) is 0 Å². The first-order chi connectivity index (χ1) is 6.36. The number of hydrogen-bond acceptors (Lipinski definition) is 4. The van der Waals surface area contributed by atoms with Crippen LogP contribution >= 0.6 is 21.6 Å². The maximum atomic E-state index is 10.7. The van der Waals surface area contributed by atoms with Gasteiger partial charge in [-0.2, -0.15) is 0 Å². The van der Waals surface area contributed by atoms with Crippen LogP contribution in [0.25, 0.3) is 0 Å². The quantitative estimate of drug-likeness (QED) is 0.521. The molecule has 6 heteroatoms. The second-order valence-corrected chi connectivity index (χ2v) is 6.00. The second kappa shape index (κ2) is 6.19. The zero-order valence-corrected chi connectivity index (χ0v) is 9.78. The number of carbonyl (C=O) groups is 2. The normalized spacial score (nSPS) is 11.3. The molecule has 0 aliphatic rings. The Morgan fingerprint density at radius 2 is 1.79 bits per heavy atom. The van der Waals surface area contributed by atoms with Gasteiger partial charge >= 0.3 is 11.9 Å². The predicted molar refractivity (Wildman–Crippen MR) is 58.6 cm³/mol. The van der Waals surface area contributed by atoms with Gasteiger partial charge in [-0.3, -0.25) is 9.59 Å². The Kier molecular flexibility index (Phi) is 6.03. The highest BCUT2D eigenvalue weighted by Gasteiger charge is 2.26. The van der Waals surface area contributed by atoms with Crippen molar-refractivity contribution in [1.82, 2.24) is 0 Å². The Morgan fingerprint density at radius 1 is 1.21 bits per heavy atom. The average Bonchev–Trinajstić information content (AvgIpc) is 2.02. The minimum Gasteiger partial charge on any atom is -0.481 e. The molecule has 14 heavy (non-hydrogen) atoms. The molecule has 0 fully saturated rings. The first kappa shape index (κ1) is 13.6. The van der Waals surface area contributed by atoms with E-state index in [0.29, 0.717) is 11.5 Å². The van der Waals surface area contributed by atoms with Crippen LogP contribution in [-0.2, 0) is 9.59 Å². The zero-order chi connectivity index (χ0) is 11.2. The van der Waals surface area contributed by atoms with E-state index in [1.54, 1.807) is 13.8 Å². The summed E-state index contributed by atoms with van der Waals surface area (Å²) >= 11 is 0. The Hall–Kier alpha value is -0.360. The van der Waals surface area contributed by atoms with Gasteiger partial charge in [-0.25, -0.2) is 0 Å². The zero-order valence-electron chi connectivity index (χ0n) is 8.15. The summed E-state index contributed by atoms with van der Waals surface area (Å²) in [6, 6.07) is 0. The molecule has 0 aromatic rings. The molecule has 0 spiro atoms. The fraction of sp³-hybridized carbons (Fsp3) is 0.750. The SMILES string of the molecule is CC(C)(CSSCCC(=O)O)C(=O)O. The molecule has 0 atom stereocenters. The molecular formula is C8H14O4S2. The van der Waals surface area contributed by atoms with Gasteiger partial charge in [-0.05, 0) is 13.8 Å². The molecule has 2 N–H and O–H groups in total. The molecule has 0 unspecified atom stereocenters. The van der Waals surface area contributed by atoms with E-state index in [1.807, 2.05) is 0 Å². The summed E-state index contributed by atoms with van der Waals surface area (Å²) in [6.07, 6.45) is 0.116.